The molecule has 130 valence electrons. The number of hydrogen-bond acceptors (Lipinski definition) is 5. The number of nitrogens with zero attached hydrogens (tertiary/aromatic N) is 2. The number of amides is 3. The van der Waals surface area contributed by atoms with Crippen LogP contribution in [0.2, 0.25) is 0 Å². The minimum atomic E-state index is -0.488. The number of urea groups is 1. The van der Waals surface area contributed by atoms with Crippen molar-refractivity contribution in [3.63, 3.8) is 0 Å². The summed E-state index contributed by atoms with van der Waals surface area (Å²) >= 11 is 0. The molecule has 24 heavy (non-hydrogen) atoms. The van der Waals surface area contributed by atoms with Gasteiger partial charge in [-0.3, -0.25) is 15.0 Å². The molecule has 2 rings (SSSR count). The molecule has 1 aliphatic heterocycles. The second-order valence-corrected chi connectivity index (χ2v) is 5.86. The molecule has 1 saturated heterocycles. The third-order valence-corrected chi connectivity index (χ3v) is 3.91. The molecular weight excluding hydrogens is 306 g/mol. The highest BCUT2D eigenvalue weighted by atomic mass is 16.2. The van der Waals surface area contributed by atoms with Crippen LogP contribution in [0.4, 0.5) is 10.6 Å². The Morgan fingerprint density at radius 2 is 2.29 bits per heavy atom. The van der Waals surface area contributed by atoms with Crippen molar-refractivity contribution in [2.24, 2.45) is 0 Å². The van der Waals surface area contributed by atoms with Gasteiger partial charge < -0.3 is 10.6 Å². The molecule has 0 aromatic carbocycles. The van der Waals surface area contributed by atoms with E-state index in [1.807, 2.05) is 25.1 Å². The van der Waals surface area contributed by atoms with Gasteiger partial charge in [-0.15, -0.1) is 6.58 Å². The quantitative estimate of drug-likeness (QED) is 0.655. The zero-order chi connectivity index (χ0) is 17.4. The van der Waals surface area contributed by atoms with E-state index in [2.05, 4.69) is 32.4 Å². The van der Waals surface area contributed by atoms with Gasteiger partial charge in [0, 0.05) is 24.8 Å². The van der Waals surface area contributed by atoms with Crippen LogP contribution in [0.1, 0.15) is 18.5 Å². The third kappa shape index (κ3) is 5.66. The summed E-state index contributed by atoms with van der Waals surface area (Å²) in [5.41, 5.74) is 0.966. The molecule has 0 aliphatic carbocycles. The molecule has 7 nitrogen and oxygen atoms in total. The Balaban J connectivity index is 1.78. The first-order chi connectivity index (χ1) is 11.6. The van der Waals surface area contributed by atoms with Crippen molar-refractivity contribution in [1.82, 2.24) is 20.5 Å². The van der Waals surface area contributed by atoms with E-state index < -0.39 is 6.03 Å². The number of likely N-dealkylation sites (tertiary alicyclic amines) is 1. The molecule has 1 aliphatic rings. The van der Waals surface area contributed by atoms with E-state index in [4.69, 9.17) is 0 Å². The molecular formula is C17H25N5O2. The Labute approximate surface area is 142 Å². The van der Waals surface area contributed by atoms with Crippen LogP contribution in [0.3, 0.4) is 0 Å². The summed E-state index contributed by atoms with van der Waals surface area (Å²) in [6, 6.07) is 5.62. The van der Waals surface area contributed by atoms with E-state index in [9.17, 15) is 9.59 Å². The van der Waals surface area contributed by atoms with Crippen LogP contribution in [0.15, 0.2) is 30.9 Å². The molecule has 3 amide bonds. The van der Waals surface area contributed by atoms with Gasteiger partial charge in [0.15, 0.2) is 0 Å². The number of carbonyl (C=O) groups excluding carboxylic acids is 2. The molecule has 1 unspecified atom stereocenters. The minimum Gasteiger partial charge on any atom is -0.368 e. The number of nitrogens with one attached hydrogen (secondary N) is 3. The van der Waals surface area contributed by atoms with Crippen LogP contribution in [0.5, 0.6) is 0 Å². The second-order valence-electron chi connectivity index (χ2n) is 5.86. The lowest BCUT2D eigenvalue weighted by molar-refractivity contribution is -0.121. The average Bonchev–Trinajstić information content (AvgIpc) is 2.98. The third-order valence-electron chi connectivity index (χ3n) is 3.91. The average molecular weight is 331 g/mol. The Morgan fingerprint density at radius 3 is 3.04 bits per heavy atom. The molecule has 0 bridgehead atoms. The monoisotopic (exact) mass is 331 g/mol. The maximum atomic E-state index is 12.0. The summed E-state index contributed by atoms with van der Waals surface area (Å²) in [6.07, 6.45) is 3.63. The van der Waals surface area contributed by atoms with Gasteiger partial charge in [0.1, 0.15) is 5.82 Å². The van der Waals surface area contributed by atoms with Gasteiger partial charge in [-0.2, -0.15) is 0 Å². The van der Waals surface area contributed by atoms with Gasteiger partial charge >= 0.3 is 6.03 Å². The van der Waals surface area contributed by atoms with Gasteiger partial charge in [-0.05, 0) is 38.4 Å². The van der Waals surface area contributed by atoms with E-state index in [-0.39, 0.29) is 18.5 Å². The molecule has 2 heterocycles. The topological polar surface area (TPSA) is 86.4 Å². The molecule has 1 fully saturated rings. The standard InChI is InChI=1S/C17H25N5O2/c1-3-9-18-17(24)21-16(23)12-22-10-5-7-14(22)11-19-15-8-4-6-13(2)20-15/h3-4,6,8,14H,1,5,7,9-12H2,2H3,(H,19,20)(H2,18,21,23,24). The maximum absolute atomic E-state index is 12.0. The number of rotatable bonds is 7. The number of aryl methyl sites for hydroxylation is 1. The lowest BCUT2D eigenvalue weighted by Crippen LogP contribution is -2.46. The summed E-state index contributed by atoms with van der Waals surface area (Å²) in [5, 5.41) is 8.18. The van der Waals surface area contributed by atoms with Crippen molar-refractivity contribution in [3.8, 4) is 0 Å². The number of imide groups is 1. The van der Waals surface area contributed by atoms with E-state index in [1.54, 1.807) is 6.08 Å². The second kappa shape index (κ2) is 9.02. The van der Waals surface area contributed by atoms with Gasteiger partial charge in [0.25, 0.3) is 0 Å². The lowest BCUT2D eigenvalue weighted by Gasteiger charge is -2.24. The Hall–Kier alpha value is -2.41. The highest BCUT2D eigenvalue weighted by molar-refractivity contribution is 5.95. The van der Waals surface area contributed by atoms with Crippen LogP contribution >= 0.6 is 0 Å². The van der Waals surface area contributed by atoms with Crippen molar-refractivity contribution < 1.29 is 9.59 Å². The van der Waals surface area contributed by atoms with Crippen molar-refractivity contribution in [2.75, 3.05) is 31.5 Å². The van der Waals surface area contributed by atoms with Crippen molar-refractivity contribution in [1.29, 1.82) is 0 Å². The first kappa shape index (κ1) is 17.9. The first-order valence-electron chi connectivity index (χ1n) is 8.18. The van der Waals surface area contributed by atoms with Gasteiger partial charge in [-0.25, -0.2) is 9.78 Å². The summed E-state index contributed by atoms with van der Waals surface area (Å²) in [5.74, 6) is 0.548. The summed E-state index contributed by atoms with van der Waals surface area (Å²) in [4.78, 5) is 30.0. The van der Waals surface area contributed by atoms with Gasteiger partial charge in [0.05, 0.1) is 6.54 Å². The van der Waals surface area contributed by atoms with Crippen LogP contribution in [-0.4, -0.2) is 54.0 Å². The predicted octanol–water partition coefficient (Wildman–Crippen LogP) is 1.28. The number of carbonyl (C=O) groups is 2. The maximum Gasteiger partial charge on any atom is 0.321 e. The molecule has 0 spiro atoms. The van der Waals surface area contributed by atoms with Crippen LogP contribution in [-0.2, 0) is 4.79 Å². The van der Waals surface area contributed by atoms with Gasteiger partial charge in [0.2, 0.25) is 5.91 Å². The smallest absolute Gasteiger partial charge is 0.321 e. The van der Waals surface area contributed by atoms with E-state index >= 15 is 0 Å². The van der Waals surface area contributed by atoms with Crippen molar-refractivity contribution >= 4 is 17.8 Å². The summed E-state index contributed by atoms with van der Waals surface area (Å²) in [6.45, 7) is 7.60. The first-order valence-corrected chi connectivity index (χ1v) is 8.18. The highest BCUT2D eigenvalue weighted by Gasteiger charge is 2.26. The Morgan fingerprint density at radius 1 is 1.46 bits per heavy atom. The summed E-state index contributed by atoms with van der Waals surface area (Å²) < 4.78 is 0. The normalized spacial score (nSPS) is 17.3. The zero-order valence-electron chi connectivity index (χ0n) is 14.0. The molecule has 1 atom stereocenters. The number of aromatic nitrogens is 1. The molecule has 1 aromatic heterocycles. The number of anilines is 1. The fourth-order valence-corrected chi connectivity index (χ4v) is 2.76. The van der Waals surface area contributed by atoms with Crippen LogP contribution in [0, 0.1) is 6.92 Å². The van der Waals surface area contributed by atoms with E-state index in [0.717, 1.165) is 37.4 Å². The minimum absolute atomic E-state index is 0.217. The zero-order valence-corrected chi connectivity index (χ0v) is 14.0. The fourth-order valence-electron chi connectivity index (χ4n) is 2.76. The van der Waals surface area contributed by atoms with E-state index in [0.29, 0.717) is 6.54 Å². The number of hydrogen-bond donors (Lipinski definition) is 3. The predicted molar refractivity (Wildman–Crippen MR) is 93.8 cm³/mol. The van der Waals surface area contributed by atoms with Crippen molar-refractivity contribution in [3.05, 3.63) is 36.5 Å². The fraction of sp³-hybridized carbons (Fsp3) is 0.471. The SMILES string of the molecule is C=CCNC(=O)NC(=O)CN1CCCC1CNc1cccc(C)n1. The molecule has 3 N–H and O–H groups in total. The highest BCUT2D eigenvalue weighted by Crippen LogP contribution is 2.17. The summed E-state index contributed by atoms with van der Waals surface area (Å²) in [7, 11) is 0. The Kier molecular flexibility index (Phi) is 6.74. The molecule has 7 heteroatoms. The van der Waals surface area contributed by atoms with E-state index in [1.165, 1.54) is 0 Å². The Bertz CT molecular complexity index is 590. The van der Waals surface area contributed by atoms with Gasteiger partial charge in [-0.1, -0.05) is 12.1 Å². The lowest BCUT2D eigenvalue weighted by atomic mass is 10.2. The molecule has 1 aromatic rings. The van der Waals surface area contributed by atoms with Crippen LogP contribution < -0.4 is 16.0 Å². The van der Waals surface area contributed by atoms with Crippen molar-refractivity contribution in [2.45, 2.75) is 25.8 Å². The number of pyridine rings is 1. The molecule has 0 radical (unpaired) electrons. The molecule has 0 saturated carbocycles. The van der Waals surface area contributed by atoms with Crippen LogP contribution in [0.25, 0.3) is 0 Å². The largest absolute Gasteiger partial charge is 0.368 e.